The normalized spacial score (nSPS) is 14.5. The Bertz CT molecular complexity index is 1510. The summed E-state index contributed by atoms with van der Waals surface area (Å²) in [5.74, 6) is 1.19. The predicted molar refractivity (Wildman–Crippen MR) is 146 cm³/mol. The van der Waals surface area contributed by atoms with Crippen LogP contribution < -0.4 is 10.1 Å². The molecule has 0 amide bonds. The van der Waals surface area contributed by atoms with Gasteiger partial charge in [0.15, 0.2) is 9.84 Å². The molecule has 0 aliphatic carbocycles. The molecule has 1 aromatic heterocycles. The second kappa shape index (κ2) is 11.4. The third kappa shape index (κ3) is 6.43. The Hall–Kier alpha value is -3.63. The van der Waals surface area contributed by atoms with Crippen LogP contribution in [0.3, 0.4) is 0 Å². The Morgan fingerprint density at radius 1 is 1.08 bits per heavy atom. The van der Waals surface area contributed by atoms with Crippen molar-refractivity contribution in [3.63, 3.8) is 0 Å². The van der Waals surface area contributed by atoms with Crippen molar-refractivity contribution in [1.82, 2.24) is 9.88 Å². The fourth-order valence-electron chi connectivity index (χ4n) is 4.54. The summed E-state index contributed by atoms with van der Waals surface area (Å²) in [6, 6.07) is 16.5. The number of aryl methyl sites for hydroxylation is 2. The van der Waals surface area contributed by atoms with Crippen molar-refractivity contribution in [3.05, 3.63) is 75.3 Å². The Balaban J connectivity index is 1.43. The van der Waals surface area contributed by atoms with Crippen LogP contribution in [0.2, 0.25) is 5.02 Å². The second-order valence-corrected chi connectivity index (χ2v) is 12.0. The van der Waals surface area contributed by atoms with Gasteiger partial charge in [-0.1, -0.05) is 23.7 Å². The molecule has 3 aromatic rings. The number of ether oxygens (including phenoxy) is 1. The first-order valence-electron chi connectivity index (χ1n) is 12.1. The lowest BCUT2D eigenvalue weighted by molar-refractivity contribution is 0.211. The van der Waals surface area contributed by atoms with Crippen LogP contribution in [0, 0.1) is 36.5 Å². The van der Waals surface area contributed by atoms with Gasteiger partial charge in [0, 0.05) is 31.9 Å². The number of hydrogen-bond acceptors (Lipinski definition) is 8. The highest BCUT2D eigenvalue weighted by Crippen LogP contribution is 2.35. The maximum Gasteiger partial charge on any atom is 0.240 e. The summed E-state index contributed by atoms with van der Waals surface area (Å²) in [6.07, 6.45) is 2.90. The monoisotopic (exact) mass is 549 g/mol. The van der Waals surface area contributed by atoms with Gasteiger partial charge in [0.1, 0.15) is 22.7 Å². The number of piperidine rings is 1. The molecule has 0 saturated carbocycles. The minimum absolute atomic E-state index is 0.117. The average Bonchev–Trinajstić information content (AvgIpc) is 2.88. The zero-order chi connectivity index (χ0) is 27.4. The minimum atomic E-state index is -3.21. The highest BCUT2D eigenvalue weighted by atomic mass is 35.5. The van der Waals surface area contributed by atoms with E-state index >= 15 is 0 Å². The third-order valence-corrected chi connectivity index (χ3v) is 7.94. The van der Waals surface area contributed by atoms with Crippen LogP contribution in [-0.4, -0.2) is 43.7 Å². The summed E-state index contributed by atoms with van der Waals surface area (Å²) >= 11 is 6.41. The number of nitrogens with zero attached hydrogens (tertiary/aromatic N) is 4. The highest BCUT2D eigenvalue weighted by Gasteiger charge is 2.22. The van der Waals surface area contributed by atoms with E-state index in [4.69, 9.17) is 16.3 Å². The molecule has 8 nitrogen and oxygen atoms in total. The number of nitrogens with one attached hydrogen (secondary N) is 1. The van der Waals surface area contributed by atoms with Crippen LogP contribution in [0.4, 0.5) is 5.82 Å². The molecule has 2 aromatic carbocycles. The van der Waals surface area contributed by atoms with E-state index in [1.807, 2.05) is 26.0 Å². The SMILES string of the molecule is Cc1cc(C#N)cc(C)c1Oc1nc(NC2CCN(Cc3ccc(S(C)(=O)=O)cc3)CC2)c(C#N)cc1Cl. The minimum Gasteiger partial charge on any atom is -0.437 e. The largest absolute Gasteiger partial charge is 0.437 e. The number of likely N-dealkylation sites (tertiary alicyclic amines) is 1. The van der Waals surface area contributed by atoms with Gasteiger partial charge in [-0.05, 0) is 73.7 Å². The van der Waals surface area contributed by atoms with Crippen LogP contribution in [0.5, 0.6) is 11.6 Å². The van der Waals surface area contributed by atoms with Crippen LogP contribution in [0.15, 0.2) is 47.4 Å². The molecule has 1 N–H and O–H groups in total. The molecule has 1 fully saturated rings. The lowest BCUT2D eigenvalue weighted by Gasteiger charge is -2.32. The maximum atomic E-state index is 11.7. The van der Waals surface area contributed by atoms with Gasteiger partial charge in [0.2, 0.25) is 5.88 Å². The average molecular weight is 550 g/mol. The van der Waals surface area contributed by atoms with Crippen molar-refractivity contribution < 1.29 is 13.2 Å². The number of anilines is 1. The van der Waals surface area contributed by atoms with Gasteiger partial charge < -0.3 is 10.1 Å². The molecular weight excluding hydrogens is 522 g/mol. The van der Waals surface area contributed by atoms with Crippen LogP contribution in [0.25, 0.3) is 0 Å². The van der Waals surface area contributed by atoms with Gasteiger partial charge in [-0.2, -0.15) is 15.5 Å². The number of benzene rings is 2. The predicted octanol–water partition coefficient (Wildman–Crippen LogP) is 5.37. The summed E-state index contributed by atoms with van der Waals surface area (Å²) in [5, 5.41) is 22.5. The second-order valence-electron chi connectivity index (χ2n) is 9.55. The molecule has 0 spiro atoms. The molecule has 0 radical (unpaired) electrons. The summed E-state index contributed by atoms with van der Waals surface area (Å²) < 4.78 is 29.4. The Morgan fingerprint density at radius 3 is 2.26 bits per heavy atom. The maximum absolute atomic E-state index is 11.7. The molecule has 1 aliphatic rings. The van der Waals surface area contributed by atoms with E-state index < -0.39 is 9.84 Å². The molecular formula is C28H28ClN5O3S. The lowest BCUT2D eigenvalue weighted by atomic mass is 10.0. The van der Waals surface area contributed by atoms with Crippen LogP contribution in [0.1, 0.15) is 40.7 Å². The molecule has 38 heavy (non-hydrogen) atoms. The van der Waals surface area contributed by atoms with E-state index in [-0.39, 0.29) is 16.9 Å². The molecule has 10 heteroatoms. The van der Waals surface area contributed by atoms with Crippen LogP contribution in [-0.2, 0) is 16.4 Å². The first kappa shape index (κ1) is 27.4. The van der Waals surface area contributed by atoms with E-state index in [9.17, 15) is 18.9 Å². The van der Waals surface area contributed by atoms with Gasteiger partial charge in [-0.15, -0.1) is 0 Å². The summed E-state index contributed by atoms with van der Waals surface area (Å²) in [7, 11) is -3.21. The van der Waals surface area contributed by atoms with Gasteiger partial charge in [0.05, 0.1) is 22.1 Å². The van der Waals surface area contributed by atoms with E-state index in [0.717, 1.165) is 49.2 Å². The Kier molecular flexibility index (Phi) is 8.23. The number of pyridine rings is 1. The van der Waals surface area contributed by atoms with E-state index in [1.54, 1.807) is 30.3 Å². The van der Waals surface area contributed by atoms with Crippen molar-refractivity contribution in [2.45, 2.75) is 44.2 Å². The van der Waals surface area contributed by atoms with Crippen molar-refractivity contribution in [3.8, 4) is 23.8 Å². The van der Waals surface area contributed by atoms with Crippen molar-refractivity contribution in [2.75, 3.05) is 24.7 Å². The molecule has 196 valence electrons. The molecule has 1 aliphatic heterocycles. The molecule has 4 rings (SSSR count). The van der Waals surface area contributed by atoms with Gasteiger partial charge in [-0.3, -0.25) is 4.90 Å². The summed E-state index contributed by atoms with van der Waals surface area (Å²) in [5.41, 5.74) is 3.52. The first-order valence-corrected chi connectivity index (χ1v) is 14.4. The fraction of sp³-hybridized carbons (Fsp3) is 0.321. The molecule has 0 bridgehead atoms. The first-order chi connectivity index (χ1) is 18.1. The fourth-order valence-corrected chi connectivity index (χ4v) is 5.36. The van der Waals surface area contributed by atoms with Gasteiger partial charge in [0.25, 0.3) is 0 Å². The number of aromatic nitrogens is 1. The molecule has 0 atom stereocenters. The smallest absolute Gasteiger partial charge is 0.240 e. The molecule has 2 heterocycles. The number of halogens is 1. The highest BCUT2D eigenvalue weighted by molar-refractivity contribution is 7.90. The van der Waals surface area contributed by atoms with E-state index in [0.29, 0.717) is 27.6 Å². The van der Waals surface area contributed by atoms with E-state index in [2.05, 4.69) is 27.3 Å². The van der Waals surface area contributed by atoms with Crippen molar-refractivity contribution in [2.24, 2.45) is 0 Å². The molecule has 1 saturated heterocycles. The lowest BCUT2D eigenvalue weighted by Crippen LogP contribution is -2.38. The zero-order valence-corrected chi connectivity index (χ0v) is 23.0. The Labute approximate surface area is 228 Å². The third-order valence-electron chi connectivity index (χ3n) is 6.54. The summed E-state index contributed by atoms with van der Waals surface area (Å²) in [6.45, 7) is 6.13. The van der Waals surface area contributed by atoms with Crippen molar-refractivity contribution in [1.29, 1.82) is 10.5 Å². The number of hydrogen-bond donors (Lipinski definition) is 1. The quantitative estimate of drug-likeness (QED) is 0.418. The topological polar surface area (TPSA) is 119 Å². The summed E-state index contributed by atoms with van der Waals surface area (Å²) in [4.78, 5) is 7.20. The Morgan fingerprint density at radius 2 is 1.71 bits per heavy atom. The van der Waals surface area contributed by atoms with Gasteiger partial charge >= 0.3 is 0 Å². The number of rotatable bonds is 7. The molecule has 0 unspecified atom stereocenters. The van der Waals surface area contributed by atoms with E-state index in [1.165, 1.54) is 6.26 Å². The number of sulfone groups is 1. The number of nitriles is 2. The van der Waals surface area contributed by atoms with Crippen LogP contribution >= 0.6 is 11.6 Å². The zero-order valence-electron chi connectivity index (χ0n) is 21.5. The van der Waals surface area contributed by atoms with Gasteiger partial charge in [-0.25, -0.2) is 8.42 Å². The standard InChI is InChI=1S/C28H28ClN5O3S/c1-18-12-21(15-30)13-19(2)26(18)37-28-25(29)14-22(16-31)27(33-28)32-23-8-10-34(11-9-23)17-20-4-6-24(7-5-20)38(3,35)36/h4-7,12-14,23H,8-11,17H2,1-3H3,(H,32,33). The van der Waals surface area contributed by atoms with Crippen molar-refractivity contribution >= 4 is 27.3 Å².